The van der Waals surface area contributed by atoms with Crippen molar-refractivity contribution in [2.24, 2.45) is 17.4 Å². The second-order valence-corrected chi connectivity index (χ2v) is 5.53. The summed E-state index contributed by atoms with van der Waals surface area (Å²) in [6.07, 6.45) is 2.12. The lowest BCUT2D eigenvalue weighted by atomic mass is 9.89. The molecule has 4 N–H and O–H groups in total. The first-order valence-corrected chi connectivity index (χ1v) is 7.10. The van der Waals surface area contributed by atoms with E-state index in [1.165, 1.54) is 15.6 Å². The van der Waals surface area contributed by atoms with Gasteiger partial charge >= 0.3 is 0 Å². The molecule has 0 bridgehead atoms. The molecule has 1 rings (SSSR count). The summed E-state index contributed by atoms with van der Waals surface area (Å²) in [6, 6.07) is 6.65. The Morgan fingerprint density at radius 2 is 1.88 bits per heavy atom. The molecular formula is C14H23BrN2. The van der Waals surface area contributed by atoms with E-state index >= 15 is 0 Å². The molecule has 2 nitrogen and oxygen atoms in total. The Hall–Kier alpha value is -0.380. The molecule has 3 heteroatoms. The van der Waals surface area contributed by atoms with Crippen LogP contribution in [0.15, 0.2) is 22.7 Å². The SMILES string of the molecule is CCc1ccc(C(C)CC(CN)CN)cc1Br. The van der Waals surface area contributed by atoms with E-state index in [4.69, 9.17) is 11.5 Å². The first-order valence-electron chi connectivity index (χ1n) is 6.30. The van der Waals surface area contributed by atoms with Gasteiger partial charge in [0.05, 0.1) is 0 Å². The lowest BCUT2D eigenvalue weighted by molar-refractivity contribution is 0.465. The van der Waals surface area contributed by atoms with Gasteiger partial charge in [-0.1, -0.05) is 41.9 Å². The third-order valence-corrected chi connectivity index (χ3v) is 4.12. The average Bonchev–Trinajstić information content (AvgIpc) is 2.35. The first-order chi connectivity index (χ1) is 8.12. The molecule has 0 saturated heterocycles. The van der Waals surface area contributed by atoms with Crippen molar-refractivity contribution in [1.29, 1.82) is 0 Å². The molecule has 1 aromatic carbocycles. The second-order valence-electron chi connectivity index (χ2n) is 4.68. The summed E-state index contributed by atoms with van der Waals surface area (Å²) >= 11 is 3.63. The van der Waals surface area contributed by atoms with E-state index in [1.807, 2.05) is 0 Å². The van der Waals surface area contributed by atoms with Gasteiger partial charge < -0.3 is 11.5 Å². The van der Waals surface area contributed by atoms with Crippen LogP contribution < -0.4 is 11.5 Å². The van der Waals surface area contributed by atoms with Crippen molar-refractivity contribution in [2.75, 3.05) is 13.1 Å². The molecule has 0 aliphatic rings. The van der Waals surface area contributed by atoms with Crippen molar-refractivity contribution in [3.63, 3.8) is 0 Å². The predicted octanol–water partition coefficient (Wildman–Crippen LogP) is 3.04. The van der Waals surface area contributed by atoms with Crippen LogP contribution >= 0.6 is 15.9 Å². The monoisotopic (exact) mass is 298 g/mol. The molecule has 0 aliphatic heterocycles. The molecule has 0 aliphatic carbocycles. The Kier molecular flexibility index (Phi) is 6.17. The largest absolute Gasteiger partial charge is 0.330 e. The second kappa shape index (κ2) is 7.14. The van der Waals surface area contributed by atoms with E-state index < -0.39 is 0 Å². The number of hydrogen-bond acceptors (Lipinski definition) is 2. The number of nitrogens with two attached hydrogens (primary N) is 2. The Bertz CT molecular complexity index is 348. The fourth-order valence-electron chi connectivity index (χ4n) is 2.08. The molecule has 0 heterocycles. The highest BCUT2D eigenvalue weighted by Gasteiger charge is 2.13. The standard InChI is InChI=1S/C14H23BrN2/c1-3-12-4-5-13(7-14(12)15)10(2)6-11(8-16)9-17/h4-5,7,10-11H,3,6,8-9,16-17H2,1-2H3. The first kappa shape index (κ1) is 14.7. The van der Waals surface area contributed by atoms with Gasteiger partial charge in [-0.25, -0.2) is 0 Å². The van der Waals surface area contributed by atoms with E-state index in [-0.39, 0.29) is 0 Å². The Balaban J connectivity index is 2.75. The lowest BCUT2D eigenvalue weighted by Gasteiger charge is -2.19. The normalized spacial score (nSPS) is 13.1. The highest BCUT2D eigenvalue weighted by molar-refractivity contribution is 9.10. The zero-order valence-corrected chi connectivity index (χ0v) is 12.3. The maximum atomic E-state index is 5.70. The van der Waals surface area contributed by atoms with Gasteiger partial charge in [-0.05, 0) is 55.0 Å². The number of rotatable bonds is 6. The Morgan fingerprint density at radius 1 is 1.24 bits per heavy atom. The summed E-state index contributed by atoms with van der Waals surface area (Å²) in [5, 5.41) is 0. The number of halogens is 1. The van der Waals surface area contributed by atoms with E-state index in [2.05, 4.69) is 48.0 Å². The van der Waals surface area contributed by atoms with Crippen LogP contribution in [0, 0.1) is 5.92 Å². The maximum Gasteiger partial charge on any atom is 0.0210 e. The van der Waals surface area contributed by atoms with Crippen LogP contribution in [0.4, 0.5) is 0 Å². The van der Waals surface area contributed by atoms with Gasteiger partial charge in [0.1, 0.15) is 0 Å². The minimum Gasteiger partial charge on any atom is -0.330 e. The Morgan fingerprint density at radius 3 is 2.35 bits per heavy atom. The van der Waals surface area contributed by atoms with Crippen LogP contribution in [0.5, 0.6) is 0 Å². The van der Waals surface area contributed by atoms with E-state index in [9.17, 15) is 0 Å². The van der Waals surface area contributed by atoms with Crippen LogP contribution in [0.3, 0.4) is 0 Å². The molecule has 1 atom stereocenters. The molecule has 0 saturated carbocycles. The third kappa shape index (κ3) is 4.09. The van der Waals surface area contributed by atoms with Gasteiger partial charge in [0.2, 0.25) is 0 Å². The predicted molar refractivity (Wildman–Crippen MR) is 78.2 cm³/mol. The zero-order chi connectivity index (χ0) is 12.8. The number of benzene rings is 1. The van der Waals surface area contributed by atoms with E-state index in [0.717, 1.165) is 12.8 Å². The van der Waals surface area contributed by atoms with E-state index in [1.54, 1.807) is 0 Å². The van der Waals surface area contributed by atoms with Crippen LogP contribution in [0.1, 0.15) is 37.3 Å². The molecule has 0 spiro atoms. The molecule has 0 aromatic heterocycles. The highest BCUT2D eigenvalue weighted by Crippen LogP contribution is 2.27. The molecule has 17 heavy (non-hydrogen) atoms. The van der Waals surface area contributed by atoms with Crippen molar-refractivity contribution in [1.82, 2.24) is 0 Å². The van der Waals surface area contributed by atoms with Crippen LogP contribution in [0.2, 0.25) is 0 Å². The highest BCUT2D eigenvalue weighted by atomic mass is 79.9. The van der Waals surface area contributed by atoms with Gasteiger partial charge in [0, 0.05) is 4.47 Å². The van der Waals surface area contributed by atoms with Crippen molar-refractivity contribution in [2.45, 2.75) is 32.6 Å². The fraction of sp³-hybridized carbons (Fsp3) is 0.571. The fourth-order valence-corrected chi connectivity index (χ4v) is 2.76. The molecule has 1 unspecified atom stereocenters. The zero-order valence-electron chi connectivity index (χ0n) is 10.7. The minimum absolute atomic E-state index is 0.426. The number of aryl methyl sites for hydroxylation is 1. The molecule has 0 amide bonds. The van der Waals surface area contributed by atoms with E-state index in [0.29, 0.717) is 24.9 Å². The van der Waals surface area contributed by atoms with Crippen molar-refractivity contribution < 1.29 is 0 Å². The lowest BCUT2D eigenvalue weighted by Crippen LogP contribution is -2.24. The van der Waals surface area contributed by atoms with Crippen molar-refractivity contribution in [3.8, 4) is 0 Å². The molecule has 0 radical (unpaired) electrons. The summed E-state index contributed by atoms with van der Waals surface area (Å²) in [4.78, 5) is 0. The Labute approximate surface area is 113 Å². The average molecular weight is 299 g/mol. The van der Waals surface area contributed by atoms with Crippen molar-refractivity contribution >= 4 is 15.9 Å². The molecule has 1 aromatic rings. The molecule has 96 valence electrons. The van der Waals surface area contributed by atoms with Crippen LogP contribution in [-0.2, 0) is 6.42 Å². The van der Waals surface area contributed by atoms with Crippen LogP contribution in [-0.4, -0.2) is 13.1 Å². The van der Waals surface area contributed by atoms with Gasteiger partial charge in [-0.15, -0.1) is 0 Å². The minimum atomic E-state index is 0.426. The summed E-state index contributed by atoms with van der Waals surface area (Å²) in [5.41, 5.74) is 14.1. The van der Waals surface area contributed by atoms with Crippen LogP contribution in [0.25, 0.3) is 0 Å². The van der Waals surface area contributed by atoms with Crippen molar-refractivity contribution in [3.05, 3.63) is 33.8 Å². The smallest absolute Gasteiger partial charge is 0.0210 e. The number of hydrogen-bond donors (Lipinski definition) is 2. The maximum absolute atomic E-state index is 5.70. The summed E-state index contributed by atoms with van der Waals surface area (Å²) < 4.78 is 1.21. The van der Waals surface area contributed by atoms with Gasteiger partial charge in [0.15, 0.2) is 0 Å². The van der Waals surface area contributed by atoms with Gasteiger partial charge in [-0.3, -0.25) is 0 Å². The summed E-state index contributed by atoms with van der Waals surface area (Å²) in [7, 11) is 0. The topological polar surface area (TPSA) is 52.0 Å². The van der Waals surface area contributed by atoms with Gasteiger partial charge in [-0.2, -0.15) is 0 Å². The summed E-state index contributed by atoms with van der Waals surface area (Å²) in [6.45, 7) is 5.76. The quantitative estimate of drug-likeness (QED) is 0.848. The van der Waals surface area contributed by atoms with Gasteiger partial charge in [0.25, 0.3) is 0 Å². The summed E-state index contributed by atoms with van der Waals surface area (Å²) in [5.74, 6) is 0.934. The third-order valence-electron chi connectivity index (χ3n) is 3.38. The molecule has 0 fully saturated rings. The molecular weight excluding hydrogens is 276 g/mol.